The van der Waals surface area contributed by atoms with E-state index in [0.717, 1.165) is 9.64 Å². The molecule has 114 valence electrons. The SMILES string of the molecule is O=C(Oc1cccc(F)c1C(=O)[O-])c1c(I)cc(I)cc1I. The standard InChI is InChI=1S/C14H6FI3O4/c15-7-2-1-3-10(11(7)13(19)20)22-14(21)12-8(17)4-6(16)5-9(12)18/h1-5H,(H,19,20)/p-1. The molecule has 0 aliphatic heterocycles. The van der Waals surface area contributed by atoms with E-state index >= 15 is 0 Å². The molecule has 0 fully saturated rings. The maximum absolute atomic E-state index is 13.5. The molecule has 0 atom stereocenters. The van der Waals surface area contributed by atoms with E-state index in [-0.39, 0.29) is 5.75 Å². The molecule has 0 bridgehead atoms. The van der Waals surface area contributed by atoms with Gasteiger partial charge in [-0.05, 0) is 92.0 Å². The zero-order chi connectivity index (χ0) is 16.4. The van der Waals surface area contributed by atoms with E-state index in [1.165, 1.54) is 12.1 Å². The van der Waals surface area contributed by atoms with Crippen molar-refractivity contribution in [1.29, 1.82) is 0 Å². The van der Waals surface area contributed by atoms with Crippen LogP contribution >= 0.6 is 67.8 Å². The van der Waals surface area contributed by atoms with Crippen molar-refractivity contribution < 1.29 is 23.8 Å². The van der Waals surface area contributed by atoms with Crippen molar-refractivity contribution in [3.63, 3.8) is 0 Å². The van der Waals surface area contributed by atoms with Gasteiger partial charge in [0, 0.05) is 10.7 Å². The average molecular weight is 637 g/mol. The second-order valence-corrected chi connectivity index (χ2v) is 7.60. The van der Waals surface area contributed by atoms with E-state index in [9.17, 15) is 19.1 Å². The maximum atomic E-state index is 13.5. The van der Waals surface area contributed by atoms with Gasteiger partial charge in [-0.25, -0.2) is 9.18 Å². The summed E-state index contributed by atoms with van der Waals surface area (Å²) in [5.74, 6) is -3.89. The Morgan fingerprint density at radius 1 is 1.05 bits per heavy atom. The van der Waals surface area contributed by atoms with Crippen LogP contribution in [0, 0.1) is 16.5 Å². The van der Waals surface area contributed by atoms with Gasteiger partial charge < -0.3 is 14.6 Å². The first-order valence-corrected chi connectivity index (χ1v) is 8.91. The summed E-state index contributed by atoms with van der Waals surface area (Å²) in [5, 5.41) is 11.0. The molecule has 22 heavy (non-hydrogen) atoms. The molecule has 2 aromatic rings. The minimum absolute atomic E-state index is 0.301. The number of halogens is 4. The summed E-state index contributed by atoms with van der Waals surface area (Å²) in [4.78, 5) is 23.3. The molecule has 0 spiro atoms. The number of esters is 1. The minimum Gasteiger partial charge on any atom is -0.545 e. The number of aromatic carboxylic acids is 1. The fourth-order valence-corrected chi connectivity index (χ4v) is 5.70. The number of carboxylic acids is 1. The molecular formula is C14H5FI3O4-. The molecule has 0 amide bonds. The van der Waals surface area contributed by atoms with Crippen molar-refractivity contribution in [3.8, 4) is 5.75 Å². The lowest BCUT2D eigenvalue weighted by Crippen LogP contribution is -2.25. The summed E-state index contributed by atoms with van der Waals surface area (Å²) in [6.07, 6.45) is 0. The summed E-state index contributed by atoms with van der Waals surface area (Å²) >= 11 is 6.09. The highest BCUT2D eigenvalue weighted by atomic mass is 127. The van der Waals surface area contributed by atoms with E-state index in [1.54, 1.807) is 12.1 Å². The van der Waals surface area contributed by atoms with Gasteiger partial charge in [0.2, 0.25) is 0 Å². The first-order valence-electron chi connectivity index (χ1n) is 5.68. The highest BCUT2D eigenvalue weighted by Crippen LogP contribution is 2.26. The number of hydrogen-bond donors (Lipinski definition) is 0. The van der Waals surface area contributed by atoms with Crippen LogP contribution in [0.3, 0.4) is 0 Å². The summed E-state index contributed by atoms with van der Waals surface area (Å²) in [7, 11) is 0. The number of carbonyl (C=O) groups excluding carboxylic acids is 2. The largest absolute Gasteiger partial charge is 0.545 e. The predicted octanol–water partition coefficient (Wildman–Crippen LogP) is 3.22. The molecule has 0 aliphatic carbocycles. The molecule has 0 aromatic heterocycles. The van der Waals surface area contributed by atoms with Gasteiger partial charge in [-0.1, -0.05) is 6.07 Å². The Morgan fingerprint density at radius 2 is 1.64 bits per heavy atom. The number of hydrogen-bond acceptors (Lipinski definition) is 4. The normalized spacial score (nSPS) is 10.4. The zero-order valence-corrected chi connectivity index (χ0v) is 17.0. The number of benzene rings is 2. The Morgan fingerprint density at radius 3 is 2.18 bits per heavy atom. The lowest BCUT2D eigenvalue weighted by molar-refractivity contribution is -0.255. The minimum atomic E-state index is -1.74. The van der Waals surface area contributed by atoms with Crippen molar-refractivity contribution in [3.05, 3.63) is 58.0 Å². The van der Waals surface area contributed by atoms with Crippen LogP contribution in [0.4, 0.5) is 4.39 Å². The number of ether oxygens (including phenoxy) is 1. The van der Waals surface area contributed by atoms with Crippen molar-refractivity contribution in [2.45, 2.75) is 0 Å². The van der Waals surface area contributed by atoms with E-state index in [2.05, 4.69) is 22.6 Å². The van der Waals surface area contributed by atoms with Gasteiger partial charge in [-0.15, -0.1) is 0 Å². The molecule has 0 saturated carbocycles. The fourth-order valence-electron chi connectivity index (χ4n) is 1.68. The second-order valence-electron chi connectivity index (χ2n) is 4.03. The summed E-state index contributed by atoms with van der Waals surface area (Å²) < 4.78 is 20.9. The van der Waals surface area contributed by atoms with Crippen molar-refractivity contribution in [2.24, 2.45) is 0 Å². The van der Waals surface area contributed by atoms with Crippen LogP contribution in [-0.2, 0) is 0 Å². The van der Waals surface area contributed by atoms with Crippen molar-refractivity contribution in [2.75, 3.05) is 0 Å². The Hall–Kier alpha value is -0.500. The third-order valence-electron chi connectivity index (χ3n) is 2.59. The van der Waals surface area contributed by atoms with Gasteiger partial charge in [0.15, 0.2) is 0 Å². The molecule has 2 aromatic carbocycles. The van der Waals surface area contributed by atoms with Gasteiger partial charge in [0.25, 0.3) is 0 Å². The van der Waals surface area contributed by atoms with Gasteiger partial charge in [0.05, 0.1) is 17.1 Å². The van der Waals surface area contributed by atoms with Crippen LogP contribution in [0.2, 0.25) is 0 Å². The lowest BCUT2D eigenvalue weighted by atomic mass is 10.2. The molecule has 2 rings (SSSR count). The molecule has 0 heterocycles. The van der Waals surface area contributed by atoms with Crippen molar-refractivity contribution in [1.82, 2.24) is 0 Å². The Labute approximate surface area is 165 Å². The lowest BCUT2D eigenvalue weighted by Gasteiger charge is -2.13. The predicted molar refractivity (Wildman–Crippen MR) is 100 cm³/mol. The third kappa shape index (κ3) is 3.88. The van der Waals surface area contributed by atoms with Gasteiger partial charge in [-0.3, -0.25) is 0 Å². The third-order valence-corrected chi connectivity index (χ3v) is 4.92. The smallest absolute Gasteiger partial charge is 0.345 e. The van der Waals surface area contributed by atoms with Crippen LogP contribution in [0.25, 0.3) is 0 Å². The second kappa shape index (κ2) is 7.38. The summed E-state index contributed by atoms with van der Waals surface area (Å²) in [5.41, 5.74) is -0.471. The first kappa shape index (κ1) is 17.8. The van der Waals surface area contributed by atoms with Crippen LogP contribution in [0.1, 0.15) is 20.7 Å². The number of carbonyl (C=O) groups is 2. The van der Waals surface area contributed by atoms with E-state index in [0.29, 0.717) is 12.7 Å². The molecule has 4 nitrogen and oxygen atoms in total. The summed E-state index contributed by atoms with van der Waals surface area (Å²) in [6.45, 7) is 0. The van der Waals surface area contributed by atoms with Gasteiger partial charge in [-0.2, -0.15) is 0 Å². The van der Waals surface area contributed by atoms with E-state index < -0.39 is 23.3 Å². The Balaban J connectivity index is 2.43. The molecule has 0 aliphatic rings. The zero-order valence-electron chi connectivity index (χ0n) is 10.5. The number of carboxylic acid groups (broad SMARTS) is 1. The van der Waals surface area contributed by atoms with Crippen LogP contribution in [0.5, 0.6) is 5.75 Å². The number of rotatable bonds is 3. The van der Waals surface area contributed by atoms with E-state index in [1.807, 2.05) is 45.2 Å². The molecule has 0 N–H and O–H groups in total. The Bertz CT molecular complexity index is 754. The highest BCUT2D eigenvalue weighted by Gasteiger charge is 2.20. The van der Waals surface area contributed by atoms with Crippen LogP contribution in [-0.4, -0.2) is 11.9 Å². The first-order chi connectivity index (χ1) is 10.3. The molecular weight excluding hydrogens is 632 g/mol. The fraction of sp³-hybridized carbons (Fsp3) is 0. The van der Waals surface area contributed by atoms with Gasteiger partial charge >= 0.3 is 5.97 Å². The summed E-state index contributed by atoms with van der Waals surface area (Å²) in [6, 6.07) is 6.99. The van der Waals surface area contributed by atoms with Gasteiger partial charge in [0.1, 0.15) is 11.6 Å². The van der Waals surface area contributed by atoms with E-state index in [4.69, 9.17) is 4.74 Å². The van der Waals surface area contributed by atoms with Crippen LogP contribution in [0.15, 0.2) is 30.3 Å². The molecule has 0 radical (unpaired) electrons. The quantitative estimate of drug-likeness (QED) is 0.295. The monoisotopic (exact) mass is 637 g/mol. The molecule has 8 heteroatoms. The highest BCUT2D eigenvalue weighted by molar-refractivity contribution is 14.1. The average Bonchev–Trinajstić information content (AvgIpc) is 2.36. The van der Waals surface area contributed by atoms with Crippen molar-refractivity contribution >= 4 is 79.7 Å². The van der Waals surface area contributed by atoms with Crippen LogP contribution < -0.4 is 9.84 Å². The molecule has 0 saturated heterocycles. The maximum Gasteiger partial charge on any atom is 0.345 e. The molecule has 0 unspecified atom stereocenters. The Kier molecular flexibility index (Phi) is 5.99. The topological polar surface area (TPSA) is 66.4 Å².